The third-order valence-corrected chi connectivity index (χ3v) is 3.51. The summed E-state index contributed by atoms with van der Waals surface area (Å²) in [6.07, 6.45) is -0.0304. The van der Waals surface area contributed by atoms with E-state index in [1.807, 2.05) is 58.9 Å². The van der Waals surface area contributed by atoms with Crippen molar-refractivity contribution in [1.82, 2.24) is 16.0 Å². The fraction of sp³-hybridized carbons (Fsp3) is 0.579. The minimum absolute atomic E-state index is 0. The molecule has 1 amide bonds. The van der Waals surface area contributed by atoms with E-state index < -0.39 is 0 Å². The molecular formula is C19H33IN4O2. The minimum Gasteiger partial charge on any atom is -0.489 e. The van der Waals surface area contributed by atoms with Crippen molar-refractivity contribution < 1.29 is 9.53 Å². The lowest BCUT2D eigenvalue weighted by molar-refractivity contribution is -0.123. The van der Waals surface area contributed by atoms with Crippen molar-refractivity contribution in [2.45, 2.75) is 40.7 Å². The largest absolute Gasteiger partial charge is 0.489 e. The maximum atomic E-state index is 11.5. The summed E-state index contributed by atoms with van der Waals surface area (Å²) in [6, 6.07) is 7.96. The number of aryl methyl sites for hydroxylation is 1. The molecule has 6 nitrogen and oxygen atoms in total. The average Bonchev–Trinajstić information content (AvgIpc) is 2.58. The van der Waals surface area contributed by atoms with Gasteiger partial charge in [-0.15, -0.1) is 24.0 Å². The van der Waals surface area contributed by atoms with E-state index in [1.54, 1.807) is 0 Å². The number of aliphatic imine (C=N–C) groups is 1. The highest BCUT2D eigenvalue weighted by molar-refractivity contribution is 14.0. The van der Waals surface area contributed by atoms with Crippen molar-refractivity contribution in [3.05, 3.63) is 29.8 Å². The van der Waals surface area contributed by atoms with E-state index in [1.165, 1.54) is 0 Å². The quantitative estimate of drug-likeness (QED) is 0.222. The van der Waals surface area contributed by atoms with E-state index >= 15 is 0 Å². The van der Waals surface area contributed by atoms with Gasteiger partial charge in [-0.3, -0.25) is 4.79 Å². The van der Waals surface area contributed by atoms with Gasteiger partial charge >= 0.3 is 0 Å². The van der Waals surface area contributed by atoms with Crippen LogP contribution in [-0.2, 0) is 4.79 Å². The third kappa shape index (κ3) is 9.84. The molecule has 0 saturated carbocycles. The van der Waals surface area contributed by atoms with Crippen LogP contribution in [0.1, 0.15) is 33.3 Å². The SMILES string of the molecule is CCNC(=NCC(C)Oc1ccccc1C)NCCNC(=O)C(C)C.I. The van der Waals surface area contributed by atoms with Gasteiger partial charge in [0.1, 0.15) is 11.9 Å². The van der Waals surface area contributed by atoms with Gasteiger partial charge in [-0.25, -0.2) is 4.99 Å². The highest BCUT2D eigenvalue weighted by atomic mass is 127. The average molecular weight is 476 g/mol. The Labute approximate surface area is 174 Å². The molecule has 0 spiro atoms. The van der Waals surface area contributed by atoms with E-state index in [0.29, 0.717) is 19.6 Å². The molecule has 0 saturated heterocycles. The Morgan fingerprint density at radius 3 is 2.38 bits per heavy atom. The lowest BCUT2D eigenvalue weighted by Crippen LogP contribution is -2.42. The van der Waals surface area contributed by atoms with Crippen LogP contribution >= 0.6 is 24.0 Å². The van der Waals surface area contributed by atoms with Gasteiger partial charge in [0.05, 0.1) is 6.54 Å². The zero-order chi connectivity index (χ0) is 18.7. The van der Waals surface area contributed by atoms with Crippen LogP contribution in [-0.4, -0.2) is 44.1 Å². The fourth-order valence-electron chi connectivity index (χ4n) is 2.07. The van der Waals surface area contributed by atoms with Crippen LogP contribution in [0, 0.1) is 12.8 Å². The second-order valence-electron chi connectivity index (χ2n) is 6.29. The first-order valence-corrected chi connectivity index (χ1v) is 8.96. The van der Waals surface area contributed by atoms with Crippen molar-refractivity contribution in [3.63, 3.8) is 0 Å². The second kappa shape index (κ2) is 13.7. The predicted octanol–water partition coefficient (Wildman–Crippen LogP) is 2.71. The molecule has 7 heteroatoms. The number of amides is 1. The Morgan fingerprint density at radius 1 is 1.12 bits per heavy atom. The summed E-state index contributed by atoms with van der Waals surface area (Å²) in [5, 5.41) is 9.28. The number of guanidine groups is 1. The standard InChI is InChI=1S/C19H32N4O2.HI/c1-6-20-19(22-12-11-21-18(24)14(2)3)23-13-16(5)25-17-10-8-7-9-15(17)4;/h7-10,14,16H,6,11-13H2,1-5H3,(H,21,24)(H2,20,22,23);1H. The number of hydrogen-bond acceptors (Lipinski definition) is 3. The first kappa shape index (κ1) is 24.5. The van der Waals surface area contributed by atoms with Gasteiger partial charge in [0, 0.05) is 25.6 Å². The zero-order valence-electron chi connectivity index (χ0n) is 16.5. The molecule has 0 bridgehead atoms. The van der Waals surface area contributed by atoms with Gasteiger partial charge in [0.15, 0.2) is 5.96 Å². The number of carbonyl (C=O) groups excluding carboxylic acids is 1. The molecule has 0 aliphatic heterocycles. The van der Waals surface area contributed by atoms with Crippen LogP contribution in [0.5, 0.6) is 5.75 Å². The van der Waals surface area contributed by atoms with Gasteiger partial charge in [-0.05, 0) is 32.4 Å². The maximum absolute atomic E-state index is 11.5. The number of ether oxygens (including phenoxy) is 1. The topological polar surface area (TPSA) is 74.8 Å². The summed E-state index contributed by atoms with van der Waals surface area (Å²) in [4.78, 5) is 16.1. The number of para-hydroxylation sites is 1. The van der Waals surface area contributed by atoms with Crippen LogP contribution in [0.4, 0.5) is 0 Å². The van der Waals surface area contributed by atoms with Crippen molar-refractivity contribution >= 4 is 35.8 Å². The first-order chi connectivity index (χ1) is 11.9. The summed E-state index contributed by atoms with van der Waals surface area (Å²) in [5.41, 5.74) is 1.12. The predicted molar refractivity (Wildman–Crippen MR) is 119 cm³/mol. The monoisotopic (exact) mass is 476 g/mol. The van der Waals surface area contributed by atoms with E-state index in [0.717, 1.165) is 23.8 Å². The molecule has 0 heterocycles. The Bertz CT molecular complexity index is 564. The molecule has 0 radical (unpaired) electrons. The Morgan fingerprint density at radius 2 is 1.77 bits per heavy atom. The van der Waals surface area contributed by atoms with Crippen LogP contribution in [0.25, 0.3) is 0 Å². The molecule has 0 aliphatic rings. The second-order valence-corrected chi connectivity index (χ2v) is 6.29. The van der Waals surface area contributed by atoms with Crippen molar-refractivity contribution in [1.29, 1.82) is 0 Å². The van der Waals surface area contributed by atoms with Gasteiger partial charge in [-0.1, -0.05) is 32.0 Å². The van der Waals surface area contributed by atoms with E-state index in [2.05, 4.69) is 20.9 Å². The molecular weight excluding hydrogens is 443 g/mol. The molecule has 1 atom stereocenters. The highest BCUT2D eigenvalue weighted by Gasteiger charge is 2.07. The number of benzene rings is 1. The summed E-state index contributed by atoms with van der Waals surface area (Å²) in [7, 11) is 0. The molecule has 0 fully saturated rings. The first-order valence-electron chi connectivity index (χ1n) is 8.96. The van der Waals surface area contributed by atoms with Crippen LogP contribution in [0.3, 0.4) is 0 Å². The zero-order valence-corrected chi connectivity index (χ0v) is 18.8. The van der Waals surface area contributed by atoms with E-state index in [-0.39, 0.29) is 41.9 Å². The summed E-state index contributed by atoms with van der Waals surface area (Å²) in [5.74, 6) is 1.67. The number of carbonyl (C=O) groups is 1. The summed E-state index contributed by atoms with van der Waals surface area (Å²) < 4.78 is 5.94. The molecule has 1 aromatic carbocycles. The van der Waals surface area contributed by atoms with E-state index in [4.69, 9.17) is 4.74 Å². The fourth-order valence-corrected chi connectivity index (χ4v) is 2.07. The number of hydrogen-bond donors (Lipinski definition) is 3. The van der Waals surface area contributed by atoms with Gasteiger partial charge in [0.2, 0.25) is 5.91 Å². The van der Waals surface area contributed by atoms with Crippen molar-refractivity contribution in [2.24, 2.45) is 10.9 Å². The number of nitrogens with one attached hydrogen (secondary N) is 3. The number of rotatable bonds is 9. The molecule has 1 unspecified atom stereocenters. The van der Waals surface area contributed by atoms with Gasteiger partial charge in [0.25, 0.3) is 0 Å². The maximum Gasteiger partial charge on any atom is 0.222 e. The van der Waals surface area contributed by atoms with Crippen molar-refractivity contribution in [2.75, 3.05) is 26.2 Å². The molecule has 0 aliphatic carbocycles. The smallest absolute Gasteiger partial charge is 0.222 e. The molecule has 26 heavy (non-hydrogen) atoms. The molecule has 0 aromatic heterocycles. The molecule has 1 aromatic rings. The highest BCUT2D eigenvalue weighted by Crippen LogP contribution is 2.17. The molecule has 1 rings (SSSR count). The van der Waals surface area contributed by atoms with Crippen molar-refractivity contribution in [3.8, 4) is 5.75 Å². The molecule has 3 N–H and O–H groups in total. The van der Waals surface area contributed by atoms with Crippen LogP contribution in [0.2, 0.25) is 0 Å². The van der Waals surface area contributed by atoms with Gasteiger partial charge < -0.3 is 20.7 Å². The van der Waals surface area contributed by atoms with E-state index in [9.17, 15) is 4.79 Å². The summed E-state index contributed by atoms with van der Waals surface area (Å²) >= 11 is 0. The Balaban J connectivity index is 0.00000625. The normalized spacial score (nSPS) is 12.2. The number of halogens is 1. The molecule has 148 valence electrons. The lowest BCUT2D eigenvalue weighted by Gasteiger charge is -2.16. The number of nitrogens with zero attached hydrogens (tertiary/aromatic N) is 1. The van der Waals surface area contributed by atoms with Crippen LogP contribution < -0.4 is 20.7 Å². The minimum atomic E-state index is -0.0304. The lowest BCUT2D eigenvalue weighted by atomic mass is 10.2. The Kier molecular flexibility index (Phi) is 12.9. The van der Waals surface area contributed by atoms with Gasteiger partial charge in [-0.2, -0.15) is 0 Å². The van der Waals surface area contributed by atoms with Crippen LogP contribution in [0.15, 0.2) is 29.3 Å². The third-order valence-electron chi connectivity index (χ3n) is 3.51. The Hall–Kier alpha value is -1.51. The summed E-state index contributed by atoms with van der Waals surface area (Å²) in [6.45, 7) is 12.3.